The van der Waals surface area contributed by atoms with E-state index in [1.54, 1.807) is 20.8 Å². The monoisotopic (exact) mass is 352 g/mol. The second-order valence-electron chi connectivity index (χ2n) is 4.79. The molecule has 0 radical (unpaired) electrons. The third-order valence-corrected chi connectivity index (χ3v) is 3.79. The standard InChI is InChI=1S/C14H25BrO5/c1-4-19-12(17)14(3,13(18)20-5-2)10-11(15)8-6-7-9-16/h11,16H,4-10H2,1-3H3. The normalized spacial score (nSPS) is 12.8. The third-order valence-electron chi connectivity index (χ3n) is 3.01. The van der Waals surface area contributed by atoms with Crippen molar-refractivity contribution in [1.82, 2.24) is 0 Å². The zero-order chi connectivity index (χ0) is 15.6. The average molecular weight is 353 g/mol. The smallest absolute Gasteiger partial charge is 0.323 e. The molecule has 0 aliphatic carbocycles. The Bertz CT molecular complexity index is 288. The lowest BCUT2D eigenvalue weighted by Crippen LogP contribution is -2.41. The van der Waals surface area contributed by atoms with Gasteiger partial charge in [0.05, 0.1) is 13.2 Å². The Morgan fingerprint density at radius 2 is 1.65 bits per heavy atom. The van der Waals surface area contributed by atoms with Crippen molar-refractivity contribution in [3.05, 3.63) is 0 Å². The highest BCUT2D eigenvalue weighted by Gasteiger charge is 2.45. The minimum atomic E-state index is -1.29. The number of hydrogen-bond acceptors (Lipinski definition) is 5. The first kappa shape index (κ1) is 19.4. The minimum Gasteiger partial charge on any atom is -0.465 e. The Kier molecular flexibility index (Phi) is 9.84. The van der Waals surface area contributed by atoms with E-state index in [1.807, 2.05) is 0 Å². The summed E-state index contributed by atoms with van der Waals surface area (Å²) in [5.41, 5.74) is -1.29. The molecule has 0 rings (SSSR count). The summed E-state index contributed by atoms with van der Waals surface area (Å²) in [5, 5.41) is 8.76. The van der Waals surface area contributed by atoms with E-state index in [4.69, 9.17) is 14.6 Å². The Labute approximate surface area is 129 Å². The highest BCUT2D eigenvalue weighted by atomic mass is 79.9. The zero-order valence-electron chi connectivity index (χ0n) is 12.5. The molecule has 1 N–H and O–H groups in total. The van der Waals surface area contributed by atoms with Crippen LogP contribution >= 0.6 is 15.9 Å². The topological polar surface area (TPSA) is 72.8 Å². The molecule has 5 nitrogen and oxygen atoms in total. The summed E-state index contributed by atoms with van der Waals surface area (Å²) < 4.78 is 10.0. The molecule has 0 fully saturated rings. The number of halogens is 1. The Hall–Kier alpha value is -0.620. The van der Waals surface area contributed by atoms with E-state index in [-0.39, 0.29) is 24.6 Å². The van der Waals surface area contributed by atoms with E-state index in [1.165, 1.54) is 0 Å². The highest BCUT2D eigenvalue weighted by molar-refractivity contribution is 9.09. The molecule has 0 aromatic carbocycles. The molecule has 0 amide bonds. The van der Waals surface area contributed by atoms with Crippen LogP contribution in [0.2, 0.25) is 0 Å². The first-order valence-electron chi connectivity index (χ1n) is 7.01. The van der Waals surface area contributed by atoms with Gasteiger partial charge in [0.2, 0.25) is 0 Å². The van der Waals surface area contributed by atoms with E-state index >= 15 is 0 Å². The fraction of sp³-hybridized carbons (Fsp3) is 0.857. The maximum Gasteiger partial charge on any atom is 0.323 e. The number of aliphatic hydroxyl groups is 1. The van der Waals surface area contributed by atoms with Crippen molar-refractivity contribution in [2.45, 2.75) is 51.3 Å². The summed E-state index contributed by atoms with van der Waals surface area (Å²) in [7, 11) is 0. The SMILES string of the molecule is CCOC(=O)C(C)(CC(Br)CCCCO)C(=O)OCC. The summed E-state index contributed by atoms with van der Waals surface area (Å²) in [5.74, 6) is -1.10. The molecule has 0 aromatic rings. The summed E-state index contributed by atoms with van der Waals surface area (Å²) in [6.07, 6.45) is 2.62. The molecule has 0 aliphatic rings. The van der Waals surface area contributed by atoms with E-state index in [9.17, 15) is 9.59 Å². The van der Waals surface area contributed by atoms with E-state index < -0.39 is 17.4 Å². The molecular formula is C14H25BrO5. The zero-order valence-corrected chi connectivity index (χ0v) is 14.1. The minimum absolute atomic E-state index is 0.00661. The molecule has 118 valence electrons. The van der Waals surface area contributed by atoms with Crippen LogP contribution in [-0.4, -0.2) is 41.7 Å². The number of hydrogen-bond donors (Lipinski definition) is 1. The van der Waals surface area contributed by atoms with E-state index in [0.717, 1.165) is 12.8 Å². The summed E-state index contributed by atoms with van der Waals surface area (Å²) >= 11 is 3.49. The molecule has 1 atom stereocenters. The highest BCUT2D eigenvalue weighted by Crippen LogP contribution is 2.32. The number of ether oxygens (including phenoxy) is 2. The van der Waals surface area contributed by atoms with Crippen LogP contribution in [0.5, 0.6) is 0 Å². The first-order valence-corrected chi connectivity index (χ1v) is 7.93. The number of rotatable bonds is 10. The fourth-order valence-corrected chi connectivity index (χ4v) is 2.82. The lowest BCUT2D eigenvalue weighted by Gasteiger charge is -2.27. The average Bonchev–Trinajstić information content (AvgIpc) is 2.39. The quantitative estimate of drug-likeness (QED) is 0.283. The van der Waals surface area contributed by atoms with Gasteiger partial charge in [0.15, 0.2) is 5.41 Å². The Morgan fingerprint density at radius 3 is 2.05 bits per heavy atom. The molecule has 0 saturated carbocycles. The van der Waals surface area contributed by atoms with Gasteiger partial charge in [-0.3, -0.25) is 9.59 Å². The van der Waals surface area contributed by atoms with Crippen molar-refractivity contribution >= 4 is 27.9 Å². The molecule has 0 heterocycles. The molecule has 20 heavy (non-hydrogen) atoms. The lowest BCUT2D eigenvalue weighted by molar-refractivity contribution is -0.171. The maximum atomic E-state index is 12.1. The van der Waals surface area contributed by atoms with Gasteiger partial charge in [0, 0.05) is 11.4 Å². The van der Waals surface area contributed by atoms with Crippen molar-refractivity contribution in [2.75, 3.05) is 19.8 Å². The number of aliphatic hydroxyl groups excluding tert-OH is 1. The van der Waals surface area contributed by atoms with Gasteiger partial charge in [-0.2, -0.15) is 0 Å². The molecule has 0 aliphatic heterocycles. The summed E-state index contributed by atoms with van der Waals surface area (Å²) in [4.78, 5) is 24.1. The van der Waals surface area contributed by atoms with Crippen molar-refractivity contribution in [3.63, 3.8) is 0 Å². The second-order valence-corrected chi connectivity index (χ2v) is 6.09. The maximum absolute atomic E-state index is 12.1. The van der Waals surface area contributed by atoms with Crippen LogP contribution in [0.1, 0.15) is 46.5 Å². The fourth-order valence-electron chi connectivity index (χ4n) is 1.85. The van der Waals surface area contributed by atoms with E-state index in [2.05, 4.69) is 15.9 Å². The summed E-state index contributed by atoms with van der Waals surface area (Å²) in [6.45, 7) is 5.57. The molecule has 6 heteroatoms. The molecule has 0 aromatic heterocycles. The molecular weight excluding hydrogens is 328 g/mol. The molecule has 0 spiro atoms. The summed E-state index contributed by atoms with van der Waals surface area (Å²) in [6, 6.07) is 0. The Balaban J connectivity index is 4.75. The van der Waals surface area contributed by atoms with Crippen LogP contribution in [0.3, 0.4) is 0 Å². The van der Waals surface area contributed by atoms with Crippen LogP contribution in [0.25, 0.3) is 0 Å². The molecule has 0 saturated heterocycles. The van der Waals surface area contributed by atoms with Gasteiger partial charge in [-0.25, -0.2) is 0 Å². The molecule has 1 unspecified atom stereocenters. The van der Waals surface area contributed by atoms with Gasteiger partial charge in [0.25, 0.3) is 0 Å². The number of unbranched alkanes of at least 4 members (excludes halogenated alkanes) is 1. The van der Waals surface area contributed by atoms with Crippen LogP contribution in [0.4, 0.5) is 0 Å². The van der Waals surface area contributed by atoms with Gasteiger partial charge in [-0.05, 0) is 40.0 Å². The van der Waals surface area contributed by atoms with E-state index in [0.29, 0.717) is 12.8 Å². The van der Waals surface area contributed by atoms with Crippen LogP contribution in [-0.2, 0) is 19.1 Å². The number of alkyl halides is 1. The predicted octanol–water partition coefficient (Wildman–Crippen LogP) is 2.44. The predicted molar refractivity (Wildman–Crippen MR) is 79.6 cm³/mol. The van der Waals surface area contributed by atoms with Crippen LogP contribution in [0, 0.1) is 5.41 Å². The largest absolute Gasteiger partial charge is 0.465 e. The van der Waals surface area contributed by atoms with Gasteiger partial charge >= 0.3 is 11.9 Å². The van der Waals surface area contributed by atoms with Crippen LogP contribution < -0.4 is 0 Å². The number of carbonyl (C=O) groups excluding carboxylic acids is 2. The first-order chi connectivity index (χ1) is 9.42. The Morgan fingerprint density at radius 1 is 1.15 bits per heavy atom. The number of carbonyl (C=O) groups is 2. The number of esters is 2. The van der Waals surface area contributed by atoms with Crippen LogP contribution in [0.15, 0.2) is 0 Å². The third kappa shape index (κ3) is 6.22. The van der Waals surface area contributed by atoms with Crippen molar-refractivity contribution in [3.8, 4) is 0 Å². The van der Waals surface area contributed by atoms with Crippen molar-refractivity contribution < 1.29 is 24.2 Å². The van der Waals surface area contributed by atoms with Gasteiger partial charge in [-0.1, -0.05) is 22.4 Å². The van der Waals surface area contributed by atoms with Crippen molar-refractivity contribution in [2.24, 2.45) is 5.41 Å². The lowest BCUT2D eigenvalue weighted by atomic mass is 9.84. The van der Waals surface area contributed by atoms with Gasteiger partial charge < -0.3 is 14.6 Å². The van der Waals surface area contributed by atoms with Gasteiger partial charge in [0.1, 0.15) is 0 Å². The molecule has 0 bridgehead atoms. The van der Waals surface area contributed by atoms with Crippen molar-refractivity contribution in [1.29, 1.82) is 0 Å². The second kappa shape index (κ2) is 10.2. The van der Waals surface area contributed by atoms with Gasteiger partial charge in [-0.15, -0.1) is 0 Å².